The van der Waals surface area contributed by atoms with E-state index in [2.05, 4.69) is 25.5 Å². The zero-order valence-corrected chi connectivity index (χ0v) is 10.2. The molecule has 6 heteroatoms. The average Bonchev–Trinajstić information content (AvgIpc) is 3.04. The van der Waals surface area contributed by atoms with E-state index in [1.165, 1.54) is 0 Å². The van der Waals surface area contributed by atoms with E-state index in [-0.39, 0.29) is 5.91 Å². The Labute approximate surface area is 109 Å². The van der Waals surface area contributed by atoms with Crippen molar-refractivity contribution < 1.29 is 4.79 Å². The van der Waals surface area contributed by atoms with Gasteiger partial charge in [-0.05, 0) is 12.1 Å². The fourth-order valence-electron chi connectivity index (χ4n) is 1.89. The van der Waals surface area contributed by atoms with Crippen LogP contribution in [0.15, 0.2) is 36.5 Å². The highest BCUT2D eigenvalue weighted by Crippen LogP contribution is 2.11. The number of hydrogen-bond acceptors (Lipinski definition) is 3. The van der Waals surface area contributed by atoms with E-state index >= 15 is 0 Å². The number of carbonyl (C=O) groups excluding carboxylic acids is 1. The Morgan fingerprint density at radius 2 is 2.16 bits per heavy atom. The molecule has 0 unspecified atom stereocenters. The van der Waals surface area contributed by atoms with Gasteiger partial charge in [-0.3, -0.25) is 9.89 Å². The van der Waals surface area contributed by atoms with Crippen molar-refractivity contribution in [2.24, 2.45) is 0 Å². The summed E-state index contributed by atoms with van der Waals surface area (Å²) in [6.07, 6.45) is 2.54. The molecule has 1 amide bonds. The van der Waals surface area contributed by atoms with E-state index in [1.807, 2.05) is 24.3 Å². The van der Waals surface area contributed by atoms with E-state index in [1.54, 1.807) is 12.3 Å². The van der Waals surface area contributed by atoms with Crippen molar-refractivity contribution in [1.82, 2.24) is 20.2 Å². The summed E-state index contributed by atoms with van der Waals surface area (Å²) in [6, 6.07) is 9.52. The number of anilines is 1. The lowest BCUT2D eigenvalue weighted by molar-refractivity contribution is -0.116. The normalized spacial score (nSPS) is 10.7. The monoisotopic (exact) mass is 255 g/mol. The minimum atomic E-state index is -0.0651. The number of para-hydroxylation sites is 2. The Hall–Kier alpha value is -2.63. The molecule has 3 N–H and O–H groups in total. The van der Waals surface area contributed by atoms with Crippen LogP contribution in [0.2, 0.25) is 0 Å². The van der Waals surface area contributed by atoms with Crippen LogP contribution in [-0.4, -0.2) is 26.1 Å². The maximum Gasteiger partial charge on any atom is 0.225 e. The molecule has 0 saturated heterocycles. The maximum absolute atomic E-state index is 11.7. The quantitative estimate of drug-likeness (QED) is 0.665. The van der Waals surface area contributed by atoms with E-state index in [9.17, 15) is 4.79 Å². The predicted molar refractivity (Wildman–Crippen MR) is 71.6 cm³/mol. The number of rotatable bonds is 4. The molecule has 1 aromatic carbocycles. The Morgan fingerprint density at radius 1 is 1.26 bits per heavy atom. The zero-order chi connectivity index (χ0) is 13.1. The first-order valence-corrected chi connectivity index (χ1v) is 6.04. The number of amides is 1. The summed E-state index contributed by atoms with van der Waals surface area (Å²) in [5.74, 6) is 1.36. The molecule has 0 spiro atoms. The molecule has 0 bridgehead atoms. The molecule has 19 heavy (non-hydrogen) atoms. The predicted octanol–water partition coefficient (Wildman–Crippen LogP) is 1.86. The van der Waals surface area contributed by atoms with Crippen molar-refractivity contribution in [3.05, 3.63) is 42.4 Å². The van der Waals surface area contributed by atoms with Crippen LogP contribution in [0.1, 0.15) is 12.2 Å². The Kier molecular flexibility index (Phi) is 2.97. The van der Waals surface area contributed by atoms with Crippen molar-refractivity contribution in [2.75, 3.05) is 5.32 Å². The van der Waals surface area contributed by atoms with E-state index in [0.717, 1.165) is 16.9 Å². The van der Waals surface area contributed by atoms with Gasteiger partial charge in [0, 0.05) is 18.9 Å². The van der Waals surface area contributed by atoms with Gasteiger partial charge in [-0.25, -0.2) is 4.98 Å². The molecule has 2 heterocycles. The summed E-state index contributed by atoms with van der Waals surface area (Å²) in [7, 11) is 0. The number of H-pyrrole nitrogens is 2. The number of nitrogens with zero attached hydrogens (tertiary/aromatic N) is 2. The molecule has 0 aliphatic heterocycles. The number of nitrogens with one attached hydrogen (secondary N) is 3. The van der Waals surface area contributed by atoms with Crippen LogP contribution in [0.25, 0.3) is 11.0 Å². The van der Waals surface area contributed by atoms with E-state index in [4.69, 9.17) is 0 Å². The standard InChI is InChI=1S/C13H13N5O/c19-13(17-12-7-8-14-18-12)6-5-11-15-9-3-1-2-4-10(9)16-11/h1-4,7-8H,5-6H2,(H,15,16)(H2,14,17,18,19). The highest BCUT2D eigenvalue weighted by atomic mass is 16.1. The van der Waals surface area contributed by atoms with Gasteiger partial charge in [-0.2, -0.15) is 5.10 Å². The van der Waals surface area contributed by atoms with Crippen LogP contribution in [0, 0.1) is 0 Å². The molecule has 0 saturated carbocycles. The fraction of sp³-hybridized carbons (Fsp3) is 0.154. The number of aromatic nitrogens is 4. The summed E-state index contributed by atoms with van der Waals surface area (Å²) in [5, 5.41) is 9.17. The minimum Gasteiger partial charge on any atom is -0.342 e. The zero-order valence-electron chi connectivity index (χ0n) is 10.2. The molecule has 0 radical (unpaired) electrons. The number of aryl methyl sites for hydroxylation is 1. The third kappa shape index (κ3) is 2.62. The first kappa shape index (κ1) is 11.5. The number of imidazole rings is 1. The average molecular weight is 255 g/mol. The van der Waals surface area contributed by atoms with Crippen molar-refractivity contribution in [3.63, 3.8) is 0 Å². The van der Waals surface area contributed by atoms with Crippen LogP contribution < -0.4 is 5.32 Å². The maximum atomic E-state index is 11.7. The molecule has 0 aliphatic rings. The van der Waals surface area contributed by atoms with Gasteiger partial charge >= 0.3 is 0 Å². The number of aromatic amines is 2. The summed E-state index contributed by atoms with van der Waals surface area (Å²) in [4.78, 5) is 19.3. The molecule has 0 fully saturated rings. The van der Waals surface area contributed by atoms with E-state index in [0.29, 0.717) is 18.7 Å². The van der Waals surface area contributed by atoms with Gasteiger partial charge in [0.2, 0.25) is 5.91 Å². The molecular weight excluding hydrogens is 242 g/mol. The van der Waals surface area contributed by atoms with Gasteiger partial charge in [-0.15, -0.1) is 0 Å². The van der Waals surface area contributed by atoms with Crippen molar-refractivity contribution >= 4 is 22.8 Å². The van der Waals surface area contributed by atoms with Gasteiger partial charge in [0.05, 0.1) is 17.2 Å². The first-order valence-electron chi connectivity index (χ1n) is 6.04. The van der Waals surface area contributed by atoms with Crippen molar-refractivity contribution in [1.29, 1.82) is 0 Å². The van der Waals surface area contributed by atoms with Gasteiger partial charge < -0.3 is 10.3 Å². The van der Waals surface area contributed by atoms with Crippen LogP contribution >= 0.6 is 0 Å². The lowest BCUT2D eigenvalue weighted by atomic mass is 10.3. The SMILES string of the molecule is O=C(CCc1nc2ccccc2[nH]1)Nc1ccn[nH]1. The molecule has 0 atom stereocenters. The summed E-state index contributed by atoms with van der Waals surface area (Å²) < 4.78 is 0. The van der Waals surface area contributed by atoms with Crippen molar-refractivity contribution in [3.8, 4) is 0 Å². The topological polar surface area (TPSA) is 86.5 Å². The molecule has 0 aliphatic carbocycles. The molecule has 2 aromatic heterocycles. The number of carbonyl (C=O) groups is 1. The Bertz CT molecular complexity index is 653. The van der Waals surface area contributed by atoms with Gasteiger partial charge in [0.15, 0.2) is 0 Å². The number of fused-ring (bicyclic) bond motifs is 1. The molecule has 6 nitrogen and oxygen atoms in total. The summed E-state index contributed by atoms with van der Waals surface area (Å²) >= 11 is 0. The van der Waals surface area contributed by atoms with Crippen LogP contribution in [0.5, 0.6) is 0 Å². The fourth-order valence-corrected chi connectivity index (χ4v) is 1.89. The minimum absolute atomic E-state index is 0.0651. The summed E-state index contributed by atoms with van der Waals surface area (Å²) in [5.41, 5.74) is 1.91. The van der Waals surface area contributed by atoms with Crippen LogP contribution in [-0.2, 0) is 11.2 Å². The van der Waals surface area contributed by atoms with E-state index < -0.39 is 0 Å². The van der Waals surface area contributed by atoms with Crippen molar-refractivity contribution in [2.45, 2.75) is 12.8 Å². The third-order valence-electron chi connectivity index (χ3n) is 2.80. The highest BCUT2D eigenvalue weighted by Gasteiger charge is 2.06. The second kappa shape index (κ2) is 4.93. The highest BCUT2D eigenvalue weighted by molar-refractivity contribution is 5.89. The van der Waals surface area contributed by atoms with Crippen LogP contribution in [0.4, 0.5) is 5.82 Å². The second-order valence-electron chi connectivity index (χ2n) is 4.22. The third-order valence-corrected chi connectivity index (χ3v) is 2.80. The largest absolute Gasteiger partial charge is 0.342 e. The first-order chi connectivity index (χ1) is 9.31. The summed E-state index contributed by atoms with van der Waals surface area (Å²) in [6.45, 7) is 0. The smallest absolute Gasteiger partial charge is 0.225 e. The number of hydrogen-bond donors (Lipinski definition) is 3. The Balaban J connectivity index is 1.61. The Morgan fingerprint density at radius 3 is 2.95 bits per heavy atom. The molecule has 3 aromatic rings. The molecule has 3 rings (SSSR count). The molecule has 96 valence electrons. The lowest BCUT2D eigenvalue weighted by Gasteiger charge is -2.00. The second-order valence-corrected chi connectivity index (χ2v) is 4.22. The molecular formula is C13H13N5O. The lowest BCUT2D eigenvalue weighted by Crippen LogP contribution is -2.12. The van der Waals surface area contributed by atoms with Crippen LogP contribution in [0.3, 0.4) is 0 Å². The van der Waals surface area contributed by atoms with Gasteiger partial charge in [-0.1, -0.05) is 12.1 Å². The number of benzene rings is 1. The van der Waals surface area contributed by atoms with Gasteiger partial charge in [0.25, 0.3) is 0 Å². The van der Waals surface area contributed by atoms with Gasteiger partial charge in [0.1, 0.15) is 11.6 Å².